The van der Waals surface area contributed by atoms with E-state index in [2.05, 4.69) is 5.32 Å². The third-order valence-electron chi connectivity index (χ3n) is 3.01. The topological polar surface area (TPSA) is 29.1 Å². The van der Waals surface area contributed by atoms with Crippen molar-refractivity contribution < 1.29 is 4.79 Å². The van der Waals surface area contributed by atoms with E-state index in [0.29, 0.717) is 5.56 Å². The Labute approximate surface area is 128 Å². The number of benzene rings is 2. The number of rotatable bonds is 4. The van der Waals surface area contributed by atoms with Gasteiger partial charge in [0.25, 0.3) is 5.91 Å². The minimum atomic E-state index is -0.716. The van der Waals surface area contributed by atoms with E-state index in [1.54, 1.807) is 12.1 Å². The summed E-state index contributed by atoms with van der Waals surface area (Å²) in [6.07, 6.45) is 0. The normalized spacial score (nSPS) is 12.2. The van der Waals surface area contributed by atoms with Crippen molar-refractivity contribution in [2.45, 2.75) is 17.8 Å². The highest BCUT2D eigenvalue weighted by Gasteiger charge is 2.21. The number of nitrogens with one attached hydrogen (secondary N) is 1. The van der Waals surface area contributed by atoms with E-state index in [1.165, 1.54) is 0 Å². The zero-order valence-electron chi connectivity index (χ0n) is 11.0. The summed E-state index contributed by atoms with van der Waals surface area (Å²) in [5.41, 5.74) is 2.57. The summed E-state index contributed by atoms with van der Waals surface area (Å²) in [4.78, 5) is 11.5. The molecule has 0 saturated carbocycles. The molecule has 20 heavy (non-hydrogen) atoms. The molecular weight excluding hydrogens is 293 g/mol. The second-order valence-electron chi connectivity index (χ2n) is 4.56. The Balaban J connectivity index is 2.17. The fraction of sp³-hybridized carbons (Fsp3) is 0.188. The molecule has 2 aromatic carbocycles. The van der Waals surface area contributed by atoms with Gasteiger partial charge in [-0.2, -0.15) is 0 Å². The van der Waals surface area contributed by atoms with Gasteiger partial charge in [-0.1, -0.05) is 48.0 Å². The summed E-state index contributed by atoms with van der Waals surface area (Å²) in [6, 6.07) is 16.4. The highest BCUT2D eigenvalue weighted by atomic mass is 35.5. The Morgan fingerprint density at radius 3 is 2.15 bits per heavy atom. The second kappa shape index (κ2) is 6.78. The van der Waals surface area contributed by atoms with Crippen LogP contribution in [0.15, 0.2) is 54.6 Å². The molecule has 0 heterocycles. The van der Waals surface area contributed by atoms with Crippen LogP contribution >= 0.6 is 23.2 Å². The van der Waals surface area contributed by atoms with Crippen molar-refractivity contribution >= 4 is 29.1 Å². The molecule has 0 fully saturated rings. The van der Waals surface area contributed by atoms with E-state index in [0.717, 1.165) is 11.1 Å². The predicted molar refractivity (Wildman–Crippen MR) is 83.3 cm³/mol. The molecule has 4 heteroatoms. The van der Waals surface area contributed by atoms with Crippen molar-refractivity contribution in [2.75, 3.05) is 0 Å². The molecular formula is C16H15Cl2NO. The molecule has 0 aliphatic rings. The molecule has 0 aliphatic carbocycles. The first-order valence-corrected chi connectivity index (χ1v) is 7.16. The average Bonchev–Trinajstić information content (AvgIpc) is 2.46. The first kappa shape index (κ1) is 14.9. The van der Waals surface area contributed by atoms with Gasteiger partial charge in [0.1, 0.15) is 4.84 Å². The smallest absolute Gasteiger partial charge is 0.251 e. The zero-order valence-corrected chi connectivity index (χ0v) is 12.5. The highest BCUT2D eigenvalue weighted by molar-refractivity contribution is 6.44. The third-order valence-corrected chi connectivity index (χ3v) is 3.51. The zero-order chi connectivity index (χ0) is 14.5. The summed E-state index contributed by atoms with van der Waals surface area (Å²) >= 11 is 12.0. The quantitative estimate of drug-likeness (QED) is 0.840. The molecule has 2 rings (SSSR count). The van der Waals surface area contributed by atoms with Gasteiger partial charge in [0, 0.05) is 5.56 Å². The summed E-state index contributed by atoms with van der Waals surface area (Å²) in [5.74, 6) is -0.190. The van der Waals surface area contributed by atoms with Gasteiger partial charge in [0.05, 0.1) is 6.04 Å². The van der Waals surface area contributed by atoms with Crippen molar-refractivity contribution in [3.05, 3.63) is 71.3 Å². The molecule has 0 unspecified atom stereocenters. The minimum absolute atomic E-state index is 0.190. The van der Waals surface area contributed by atoms with Crippen molar-refractivity contribution in [2.24, 2.45) is 0 Å². The van der Waals surface area contributed by atoms with Crippen LogP contribution in [0.2, 0.25) is 0 Å². The van der Waals surface area contributed by atoms with E-state index >= 15 is 0 Å². The molecule has 0 bridgehead atoms. The number of hydrogen-bond acceptors (Lipinski definition) is 1. The fourth-order valence-corrected chi connectivity index (χ4v) is 2.30. The van der Waals surface area contributed by atoms with E-state index in [4.69, 9.17) is 23.2 Å². The van der Waals surface area contributed by atoms with Crippen molar-refractivity contribution in [1.29, 1.82) is 0 Å². The van der Waals surface area contributed by atoms with E-state index in [1.807, 2.05) is 49.4 Å². The monoisotopic (exact) mass is 307 g/mol. The van der Waals surface area contributed by atoms with Gasteiger partial charge in [0.2, 0.25) is 0 Å². The van der Waals surface area contributed by atoms with Gasteiger partial charge in [0.15, 0.2) is 0 Å². The van der Waals surface area contributed by atoms with Crippen LogP contribution in [-0.4, -0.2) is 10.7 Å². The van der Waals surface area contributed by atoms with Crippen molar-refractivity contribution in [3.63, 3.8) is 0 Å². The molecule has 2 aromatic rings. The Hall–Kier alpha value is -1.51. The molecule has 104 valence electrons. The average molecular weight is 308 g/mol. The summed E-state index contributed by atoms with van der Waals surface area (Å²) in [6.45, 7) is 1.97. The SMILES string of the molecule is Cc1ccc(C(=O)N[C@@H](c2ccccc2)C(Cl)Cl)cc1. The Kier molecular flexibility index (Phi) is 5.05. The van der Waals surface area contributed by atoms with E-state index < -0.39 is 10.9 Å². The number of carbonyl (C=O) groups excluding carboxylic acids is 1. The maximum atomic E-state index is 12.2. The Bertz CT molecular complexity index is 567. The maximum Gasteiger partial charge on any atom is 0.251 e. The van der Waals surface area contributed by atoms with Gasteiger partial charge in [-0.05, 0) is 24.6 Å². The van der Waals surface area contributed by atoms with Crippen LogP contribution in [0.3, 0.4) is 0 Å². The maximum absolute atomic E-state index is 12.2. The van der Waals surface area contributed by atoms with Gasteiger partial charge in [-0.15, -0.1) is 23.2 Å². The van der Waals surface area contributed by atoms with Crippen LogP contribution in [-0.2, 0) is 0 Å². The van der Waals surface area contributed by atoms with Crippen molar-refractivity contribution in [3.8, 4) is 0 Å². The van der Waals surface area contributed by atoms with E-state index in [9.17, 15) is 4.79 Å². The molecule has 2 nitrogen and oxygen atoms in total. The highest BCUT2D eigenvalue weighted by Crippen LogP contribution is 2.24. The van der Waals surface area contributed by atoms with Crippen LogP contribution in [0.5, 0.6) is 0 Å². The van der Waals surface area contributed by atoms with Gasteiger partial charge in [-0.25, -0.2) is 0 Å². The fourth-order valence-electron chi connectivity index (χ4n) is 1.88. The largest absolute Gasteiger partial charge is 0.342 e. The number of amides is 1. The molecule has 0 saturated heterocycles. The molecule has 1 atom stereocenters. The first-order valence-electron chi connectivity index (χ1n) is 6.28. The molecule has 0 aliphatic heterocycles. The molecule has 1 amide bonds. The number of halogens is 2. The minimum Gasteiger partial charge on any atom is -0.342 e. The van der Waals surface area contributed by atoms with Crippen LogP contribution in [0, 0.1) is 6.92 Å². The lowest BCUT2D eigenvalue weighted by atomic mass is 10.1. The summed E-state index contributed by atoms with van der Waals surface area (Å²) in [7, 11) is 0. The second-order valence-corrected chi connectivity index (χ2v) is 5.73. The lowest BCUT2D eigenvalue weighted by molar-refractivity contribution is 0.0939. The molecule has 1 N–H and O–H groups in total. The molecule has 0 aromatic heterocycles. The van der Waals surface area contributed by atoms with Crippen LogP contribution in [0.25, 0.3) is 0 Å². The first-order chi connectivity index (χ1) is 9.58. The lowest BCUT2D eigenvalue weighted by Crippen LogP contribution is -2.32. The van der Waals surface area contributed by atoms with Crippen molar-refractivity contribution in [1.82, 2.24) is 5.32 Å². The number of alkyl halides is 2. The van der Waals surface area contributed by atoms with E-state index in [-0.39, 0.29) is 5.91 Å². The number of hydrogen-bond donors (Lipinski definition) is 1. The Morgan fingerprint density at radius 1 is 1.00 bits per heavy atom. The molecule has 0 radical (unpaired) electrons. The Morgan fingerprint density at radius 2 is 1.60 bits per heavy atom. The third kappa shape index (κ3) is 3.75. The standard InChI is InChI=1S/C16H15Cl2NO/c1-11-7-9-13(10-8-11)16(20)19-14(15(17)18)12-5-3-2-4-6-12/h2-10,14-15H,1H3,(H,19,20)/t14-/m0/s1. The van der Waals surface area contributed by atoms with Crippen LogP contribution in [0.1, 0.15) is 27.5 Å². The summed E-state index contributed by atoms with van der Waals surface area (Å²) in [5, 5.41) is 2.87. The molecule has 0 spiro atoms. The lowest BCUT2D eigenvalue weighted by Gasteiger charge is -2.20. The van der Waals surface area contributed by atoms with Gasteiger partial charge in [-0.3, -0.25) is 4.79 Å². The summed E-state index contributed by atoms with van der Waals surface area (Å²) < 4.78 is 0. The number of aryl methyl sites for hydroxylation is 1. The number of carbonyl (C=O) groups is 1. The van der Waals surface area contributed by atoms with Gasteiger partial charge >= 0.3 is 0 Å². The van der Waals surface area contributed by atoms with Crippen LogP contribution in [0.4, 0.5) is 0 Å². The van der Waals surface area contributed by atoms with Crippen LogP contribution < -0.4 is 5.32 Å². The van der Waals surface area contributed by atoms with Gasteiger partial charge < -0.3 is 5.32 Å². The predicted octanol–water partition coefficient (Wildman–Crippen LogP) is 4.27.